The van der Waals surface area contributed by atoms with E-state index in [2.05, 4.69) is 39.0 Å². The van der Waals surface area contributed by atoms with Gasteiger partial charge >= 0.3 is 0 Å². The van der Waals surface area contributed by atoms with E-state index in [0.717, 1.165) is 37.9 Å². The minimum Gasteiger partial charge on any atom is -0.494 e. The van der Waals surface area contributed by atoms with Crippen molar-refractivity contribution in [3.63, 3.8) is 0 Å². The number of ketones is 1. The number of benzene rings is 2. The quantitative estimate of drug-likeness (QED) is 0.388. The summed E-state index contributed by atoms with van der Waals surface area (Å²) in [7, 11) is 3.73. The molecule has 1 aliphatic rings. The van der Waals surface area contributed by atoms with Crippen molar-refractivity contribution in [3.05, 3.63) is 72.6 Å². The third kappa shape index (κ3) is 5.26. The molecule has 1 amide bonds. The topological polar surface area (TPSA) is 99.9 Å². The zero-order chi connectivity index (χ0) is 24.1. The fourth-order valence-corrected chi connectivity index (χ4v) is 3.67. The van der Waals surface area contributed by atoms with Crippen LogP contribution >= 0.6 is 0 Å². The first-order chi connectivity index (χ1) is 16.5. The fraction of sp³-hybridized carbons (Fsp3) is 0.240. The summed E-state index contributed by atoms with van der Waals surface area (Å²) in [6, 6.07) is 12.6. The van der Waals surface area contributed by atoms with Gasteiger partial charge in [-0.15, -0.1) is 0 Å². The highest BCUT2D eigenvalue weighted by Gasteiger charge is 2.18. The molecule has 0 radical (unpaired) electrons. The molecule has 3 aromatic rings. The van der Waals surface area contributed by atoms with Crippen LogP contribution in [0.15, 0.2) is 65.7 Å². The van der Waals surface area contributed by atoms with E-state index in [0.29, 0.717) is 22.7 Å². The molecule has 1 saturated heterocycles. The van der Waals surface area contributed by atoms with Crippen molar-refractivity contribution in [2.24, 2.45) is 0 Å². The second kappa shape index (κ2) is 10.2. The molecule has 0 atom stereocenters. The van der Waals surface area contributed by atoms with Gasteiger partial charge in [0.25, 0.3) is 6.01 Å². The van der Waals surface area contributed by atoms with Crippen molar-refractivity contribution in [1.29, 1.82) is 0 Å². The molecule has 1 fully saturated rings. The molecular formula is C25H27N5O4. The van der Waals surface area contributed by atoms with E-state index in [9.17, 15) is 9.59 Å². The minimum atomic E-state index is -0.358. The first-order valence-electron chi connectivity index (χ1n) is 10.9. The predicted octanol–water partition coefficient (Wildman–Crippen LogP) is 3.53. The highest BCUT2D eigenvalue weighted by Crippen LogP contribution is 2.32. The Kier molecular flexibility index (Phi) is 6.93. The lowest BCUT2D eigenvalue weighted by atomic mass is 10.1. The molecule has 0 spiro atoms. The Balaban J connectivity index is 1.47. The number of hydrogen-bond acceptors (Lipinski definition) is 8. The van der Waals surface area contributed by atoms with Crippen LogP contribution in [0, 0.1) is 0 Å². The number of piperazine rings is 1. The monoisotopic (exact) mass is 461 g/mol. The van der Waals surface area contributed by atoms with Gasteiger partial charge in [-0.2, -0.15) is 0 Å². The van der Waals surface area contributed by atoms with Crippen molar-refractivity contribution >= 4 is 34.8 Å². The van der Waals surface area contributed by atoms with Gasteiger partial charge in [0.1, 0.15) is 5.75 Å². The molecule has 9 nitrogen and oxygen atoms in total. The molecule has 2 aromatic carbocycles. The van der Waals surface area contributed by atoms with Crippen molar-refractivity contribution < 1.29 is 18.7 Å². The number of carbonyl (C=O) groups excluding carboxylic acids is 2. The van der Waals surface area contributed by atoms with Crippen LogP contribution in [0.3, 0.4) is 0 Å². The Labute approximate surface area is 198 Å². The second-order valence-corrected chi connectivity index (χ2v) is 7.93. The molecule has 176 valence electrons. The normalized spacial score (nSPS) is 13.9. The Morgan fingerprint density at radius 1 is 1.15 bits per heavy atom. The summed E-state index contributed by atoms with van der Waals surface area (Å²) in [4.78, 5) is 33.2. The summed E-state index contributed by atoms with van der Waals surface area (Å²) in [5, 5.41) is 5.71. The number of ether oxygens (including phenoxy) is 1. The molecular weight excluding hydrogens is 434 g/mol. The zero-order valence-electron chi connectivity index (χ0n) is 19.2. The van der Waals surface area contributed by atoms with Crippen LogP contribution in [0.25, 0.3) is 0 Å². The maximum atomic E-state index is 12.9. The van der Waals surface area contributed by atoms with Crippen LogP contribution in [-0.2, 0) is 4.79 Å². The molecule has 2 heterocycles. The van der Waals surface area contributed by atoms with Gasteiger partial charge in [0.05, 0.1) is 19.0 Å². The largest absolute Gasteiger partial charge is 0.494 e. The number of oxazole rings is 1. The Morgan fingerprint density at radius 3 is 2.68 bits per heavy atom. The Morgan fingerprint density at radius 2 is 1.94 bits per heavy atom. The van der Waals surface area contributed by atoms with Gasteiger partial charge in [0, 0.05) is 49.2 Å². The van der Waals surface area contributed by atoms with Gasteiger partial charge < -0.3 is 29.6 Å². The SMILES string of the molecule is C=CC(=O)Nc1cccc(C(=O)c2cnc(Nc3ccc(N4CCN(C)CC4)cc3OC)o2)c1. The molecule has 34 heavy (non-hydrogen) atoms. The van der Waals surface area contributed by atoms with Gasteiger partial charge in [0.2, 0.25) is 11.7 Å². The standard InChI is InChI=1S/C25H27N5O4/c1-4-23(31)27-18-7-5-6-17(14-18)24(32)22-16-26-25(34-22)28-20-9-8-19(15-21(20)33-3)30-12-10-29(2)11-13-30/h4-9,14-16H,1,10-13H2,2-3H3,(H,26,28)(H,27,31). The van der Waals surface area contributed by atoms with Crippen molar-refractivity contribution in [3.8, 4) is 5.75 Å². The van der Waals surface area contributed by atoms with E-state index in [1.54, 1.807) is 31.4 Å². The average molecular weight is 462 g/mol. The number of likely N-dealkylation sites (N-methyl/N-ethyl adjacent to an activating group) is 1. The summed E-state index contributed by atoms with van der Waals surface area (Å²) in [5.41, 5.74) is 2.61. The van der Waals surface area contributed by atoms with Crippen LogP contribution in [0.2, 0.25) is 0 Å². The van der Waals surface area contributed by atoms with E-state index < -0.39 is 0 Å². The van der Waals surface area contributed by atoms with Crippen LogP contribution < -0.4 is 20.3 Å². The van der Waals surface area contributed by atoms with Crippen LogP contribution in [0.5, 0.6) is 5.75 Å². The van der Waals surface area contributed by atoms with E-state index in [-0.39, 0.29) is 23.5 Å². The summed E-state index contributed by atoms with van der Waals surface area (Å²) < 4.78 is 11.2. The first-order valence-corrected chi connectivity index (χ1v) is 10.9. The summed E-state index contributed by atoms with van der Waals surface area (Å²) >= 11 is 0. The van der Waals surface area contributed by atoms with E-state index in [1.807, 2.05) is 18.2 Å². The molecule has 0 aliphatic carbocycles. The molecule has 1 aliphatic heterocycles. The first kappa shape index (κ1) is 23.1. The average Bonchev–Trinajstić information content (AvgIpc) is 3.33. The molecule has 0 bridgehead atoms. The molecule has 4 rings (SSSR count). The predicted molar refractivity (Wildman–Crippen MR) is 131 cm³/mol. The van der Waals surface area contributed by atoms with E-state index in [1.165, 1.54) is 6.20 Å². The zero-order valence-corrected chi connectivity index (χ0v) is 19.2. The van der Waals surface area contributed by atoms with Gasteiger partial charge in [-0.05, 0) is 37.4 Å². The lowest BCUT2D eigenvalue weighted by molar-refractivity contribution is -0.111. The molecule has 2 N–H and O–H groups in total. The van der Waals surface area contributed by atoms with Crippen LogP contribution in [0.1, 0.15) is 16.1 Å². The number of amides is 1. The van der Waals surface area contributed by atoms with E-state index in [4.69, 9.17) is 9.15 Å². The number of nitrogens with zero attached hydrogens (tertiary/aromatic N) is 3. The lowest BCUT2D eigenvalue weighted by Gasteiger charge is -2.34. The third-order valence-corrected chi connectivity index (χ3v) is 5.60. The fourth-order valence-electron chi connectivity index (χ4n) is 3.67. The van der Waals surface area contributed by atoms with Crippen molar-refractivity contribution in [2.45, 2.75) is 0 Å². The van der Waals surface area contributed by atoms with Gasteiger partial charge in [-0.25, -0.2) is 4.98 Å². The molecule has 1 aromatic heterocycles. The van der Waals surface area contributed by atoms with E-state index >= 15 is 0 Å². The van der Waals surface area contributed by atoms with Crippen LogP contribution in [0.4, 0.5) is 23.1 Å². The van der Waals surface area contributed by atoms with Crippen molar-refractivity contribution in [1.82, 2.24) is 9.88 Å². The number of aromatic nitrogens is 1. The van der Waals surface area contributed by atoms with Gasteiger partial charge in [0.15, 0.2) is 5.76 Å². The minimum absolute atomic E-state index is 0.0720. The van der Waals surface area contributed by atoms with Gasteiger partial charge in [-0.1, -0.05) is 18.7 Å². The second-order valence-electron chi connectivity index (χ2n) is 7.93. The summed E-state index contributed by atoms with van der Waals surface area (Å²) in [6.07, 6.45) is 2.53. The highest BCUT2D eigenvalue weighted by atomic mass is 16.5. The maximum Gasteiger partial charge on any atom is 0.299 e. The number of anilines is 4. The number of nitrogens with one attached hydrogen (secondary N) is 2. The van der Waals surface area contributed by atoms with Crippen molar-refractivity contribution in [2.75, 3.05) is 55.9 Å². The van der Waals surface area contributed by atoms with Crippen LogP contribution in [-0.4, -0.2) is 61.9 Å². The maximum absolute atomic E-state index is 12.9. The highest BCUT2D eigenvalue weighted by molar-refractivity contribution is 6.08. The number of carbonyl (C=O) groups is 2. The summed E-state index contributed by atoms with van der Waals surface area (Å²) in [6.45, 7) is 7.35. The number of methoxy groups -OCH3 is 1. The smallest absolute Gasteiger partial charge is 0.299 e. The van der Waals surface area contributed by atoms with Gasteiger partial charge in [-0.3, -0.25) is 9.59 Å². The lowest BCUT2D eigenvalue weighted by Crippen LogP contribution is -2.44. The Hall–Kier alpha value is -4.11. The number of rotatable bonds is 8. The molecule has 0 unspecified atom stereocenters. The molecule has 9 heteroatoms. The molecule has 0 saturated carbocycles. The third-order valence-electron chi connectivity index (χ3n) is 5.60. The number of hydrogen-bond donors (Lipinski definition) is 2. The summed E-state index contributed by atoms with van der Waals surface area (Å²) in [5.74, 6) is 0.00635. The Bertz CT molecular complexity index is 1200.